The number of halogens is 2. The average Bonchev–Trinajstić information content (AvgIpc) is 2.62. The van der Waals surface area contributed by atoms with E-state index in [4.69, 9.17) is 19.9 Å². The SMILES string of the molecule is Br.COc1cc(CN=C(N)Nc2ccc3c(c2)OCCO3)cc(Br)c1O. The maximum Gasteiger partial charge on any atom is 0.193 e. The number of anilines is 1. The zero-order valence-electron chi connectivity index (χ0n) is 14.0. The second-order valence-electron chi connectivity index (χ2n) is 5.31. The van der Waals surface area contributed by atoms with Gasteiger partial charge in [0.25, 0.3) is 0 Å². The monoisotopic (exact) mass is 487 g/mol. The van der Waals surface area contributed by atoms with E-state index in [1.54, 1.807) is 12.1 Å². The lowest BCUT2D eigenvalue weighted by Crippen LogP contribution is -2.23. The van der Waals surface area contributed by atoms with Gasteiger partial charge in [-0.25, -0.2) is 4.99 Å². The number of methoxy groups -OCH3 is 1. The van der Waals surface area contributed by atoms with Crippen molar-refractivity contribution in [3.63, 3.8) is 0 Å². The van der Waals surface area contributed by atoms with Gasteiger partial charge in [0.05, 0.1) is 18.1 Å². The number of phenols is 1. The highest BCUT2D eigenvalue weighted by Gasteiger charge is 2.12. The van der Waals surface area contributed by atoms with Crippen LogP contribution in [0, 0.1) is 0 Å². The van der Waals surface area contributed by atoms with Crippen molar-refractivity contribution in [3.05, 3.63) is 40.4 Å². The molecule has 0 aromatic heterocycles. The third-order valence-electron chi connectivity index (χ3n) is 3.55. The van der Waals surface area contributed by atoms with Crippen molar-refractivity contribution >= 4 is 44.6 Å². The van der Waals surface area contributed by atoms with Gasteiger partial charge < -0.3 is 30.4 Å². The van der Waals surface area contributed by atoms with Crippen molar-refractivity contribution < 1.29 is 19.3 Å². The smallest absolute Gasteiger partial charge is 0.193 e. The quantitative estimate of drug-likeness (QED) is 0.450. The number of rotatable bonds is 4. The molecule has 0 saturated heterocycles. The van der Waals surface area contributed by atoms with Crippen LogP contribution < -0.4 is 25.3 Å². The third-order valence-corrected chi connectivity index (χ3v) is 4.16. The van der Waals surface area contributed by atoms with Gasteiger partial charge in [0.1, 0.15) is 13.2 Å². The number of hydrogen-bond donors (Lipinski definition) is 3. The van der Waals surface area contributed by atoms with E-state index in [1.165, 1.54) is 7.11 Å². The highest BCUT2D eigenvalue weighted by atomic mass is 79.9. The van der Waals surface area contributed by atoms with Crippen LogP contribution in [0.4, 0.5) is 5.69 Å². The number of aliphatic imine (C=N–C) groups is 1. The maximum absolute atomic E-state index is 9.82. The molecule has 1 aliphatic rings. The first-order valence-electron chi connectivity index (χ1n) is 7.59. The summed E-state index contributed by atoms with van der Waals surface area (Å²) in [6.45, 7) is 1.41. The molecule has 0 fully saturated rings. The van der Waals surface area contributed by atoms with Gasteiger partial charge in [-0.2, -0.15) is 0 Å². The average molecular weight is 489 g/mol. The largest absolute Gasteiger partial charge is 0.503 e. The molecule has 0 unspecified atom stereocenters. The van der Waals surface area contributed by atoms with E-state index in [0.29, 0.717) is 41.5 Å². The molecule has 26 heavy (non-hydrogen) atoms. The summed E-state index contributed by atoms with van der Waals surface area (Å²) >= 11 is 3.28. The molecule has 7 nitrogen and oxygen atoms in total. The van der Waals surface area contributed by atoms with E-state index in [-0.39, 0.29) is 28.7 Å². The third kappa shape index (κ3) is 4.73. The summed E-state index contributed by atoms with van der Waals surface area (Å²) < 4.78 is 16.7. The van der Waals surface area contributed by atoms with E-state index in [9.17, 15) is 5.11 Å². The molecule has 0 spiro atoms. The Morgan fingerprint density at radius 2 is 2.00 bits per heavy atom. The first kappa shape index (κ1) is 20.2. The van der Waals surface area contributed by atoms with Gasteiger partial charge in [-0.1, -0.05) is 0 Å². The minimum atomic E-state index is 0. The van der Waals surface area contributed by atoms with Crippen LogP contribution in [0.15, 0.2) is 39.8 Å². The second kappa shape index (κ2) is 9.00. The summed E-state index contributed by atoms with van der Waals surface area (Å²) in [5.41, 5.74) is 7.54. The van der Waals surface area contributed by atoms with Crippen LogP contribution in [0.25, 0.3) is 0 Å². The minimum Gasteiger partial charge on any atom is -0.503 e. The lowest BCUT2D eigenvalue weighted by atomic mass is 10.2. The zero-order chi connectivity index (χ0) is 17.8. The second-order valence-corrected chi connectivity index (χ2v) is 6.17. The number of nitrogens with zero attached hydrogens (tertiary/aromatic N) is 1. The van der Waals surface area contributed by atoms with Crippen LogP contribution in [0.3, 0.4) is 0 Å². The Hall–Kier alpha value is -2.13. The van der Waals surface area contributed by atoms with Crippen LogP contribution >= 0.6 is 32.9 Å². The van der Waals surface area contributed by atoms with Crippen LogP contribution in [-0.2, 0) is 6.54 Å². The normalized spacial score (nSPS) is 12.9. The summed E-state index contributed by atoms with van der Waals surface area (Å²) in [5, 5.41) is 12.8. The highest BCUT2D eigenvalue weighted by Crippen LogP contribution is 2.35. The molecule has 0 saturated carbocycles. The molecule has 3 rings (SSSR count). The fraction of sp³-hybridized carbons (Fsp3) is 0.235. The van der Waals surface area contributed by atoms with Crippen LogP contribution in [0.5, 0.6) is 23.0 Å². The fourth-order valence-electron chi connectivity index (χ4n) is 2.36. The number of benzene rings is 2. The Morgan fingerprint density at radius 3 is 2.73 bits per heavy atom. The molecular weight excluding hydrogens is 470 g/mol. The fourth-order valence-corrected chi connectivity index (χ4v) is 2.85. The summed E-state index contributed by atoms with van der Waals surface area (Å²) in [6, 6.07) is 8.96. The minimum absolute atomic E-state index is 0. The van der Waals surface area contributed by atoms with E-state index in [1.807, 2.05) is 18.2 Å². The molecule has 2 aromatic rings. The van der Waals surface area contributed by atoms with E-state index < -0.39 is 0 Å². The molecule has 0 amide bonds. The number of aromatic hydroxyl groups is 1. The maximum atomic E-state index is 9.82. The Balaban J connectivity index is 0.00000243. The molecule has 0 bridgehead atoms. The zero-order valence-corrected chi connectivity index (χ0v) is 17.3. The van der Waals surface area contributed by atoms with Gasteiger partial charge in [-0.15, -0.1) is 17.0 Å². The number of ether oxygens (including phenoxy) is 3. The van der Waals surface area contributed by atoms with Crippen molar-refractivity contribution in [2.75, 3.05) is 25.6 Å². The van der Waals surface area contributed by atoms with Crippen molar-refractivity contribution in [1.29, 1.82) is 0 Å². The van der Waals surface area contributed by atoms with Gasteiger partial charge in [0, 0.05) is 11.8 Å². The first-order chi connectivity index (χ1) is 12.1. The molecule has 0 aliphatic carbocycles. The highest BCUT2D eigenvalue weighted by molar-refractivity contribution is 9.10. The van der Waals surface area contributed by atoms with Gasteiger partial charge in [0.15, 0.2) is 29.0 Å². The van der Waals surface area contributed by atoms with E-state index in [2.05, 4.69) is 26.2 Å². The first-order valence-corrected chi connectivity index (χ1v) is 8.38. The summed E-state index contributed by atoms with van der Waals surface area (Å²) in [7, 11) is 1.49. The van der Waals surface area contributed by atoms with Crippen molar-refractivity contribution in [2.45, 2.75) is 6.54 Å². The number of nitrogens with two attached hydrogens (primary N) is 1. The van der Waals surface area contributed by atoms with E-state index in [0.717, 1.165) is 11.3 Å². The molecular formula is C17H19Br2N3O4. The summed E-state index contributed by atoms with van der Waals surface area (Å²) in [6.07, 6.45) is 0. The van der Waals surface area contributed by atoms with Crippen LogP contribution in [-0.4, -0.2) is 31.4 Å². The van der Waals surface area contributed by atoms with Gasteiger partial charge >= 0.3 is 0 Å². The molecule has 140 valence electrons. The topological polar surface area (TPSA) is 98.3 Å². The molecule has 1 heterocycles. The van der Waals surface area contributed by atoms with Crippen molar-refractivity contribution in [3.8, 4) is 23.0 Å². The number of hydrogen-bond acceptors (Lipinski definition) is 5. The predicted molar refractivity (Wildman–Crippen MR) is 109 cm³/mol. The van der Waals surface area contributed by atoms with Gasteiger partial charge in [-0.05, 0) is 45.8 Å². The number of guanidine groups is 1. The van der Waals surface area contributed by atoms with Crippen LogP contribution in [0.1, 0.15) is 5.56 Å². The molecule has 1 aliphatic heterocycles. The molecule has 4 N–H and O–H groups in total. The van der Waals surface area contributed by atoms with Crippen molar-refractivity contribution in [2.24, 2.45) is 10.7 Å². The summed E-state index contributed by atoms with van der Waals surface area (Å²) in [4.78, 5) is 4.30. The Bertz CT molecular complexity index is 815. The van der Waals surface area contributed by atoms with Crippen LogP contribution in [0.2, 0.25) is 0 Å². The lowest BCUT2D eigenvalue weighted by molar-refractivity contribution is 0.171. The van der Waals surface area contributed by atoms with Crippen molar-refractivity contribution in [1.82, 2.24) is 0 Å². The van der Waals surface area contributed by atoms with Gasteiger partial charge in [-0.3, -0.25) is 0 Å². The lowest BCUT2D eigenvalue weighted by Gasteiger charge is -2.19. The Kier molecular flexibility index (Phi) is 6.98. The number of fused-ring (bicyclic) bond motifs is 1. The predicted octanol–water partition coefficient (Wildman–Crippen LogP) is 3.44. The Labute approximate surface area is 170 Å². The van der Waals surface area contributed by atoms with E-state index >= 15 is 0 Å². The number of nitrogens with one attached hydrogen (secondary N) is 1. The summed E-state index contributed by atoms with van der Waals surface area (Å²) in [5.74, 6) is 2.08. The standard InChI is InChI=1S/C17H18BrN3O4.BrH/c1-23-15-7-10(6-12(18)16(15)22)9-20-17(19)21-11-2-3-13-14(8-11)25-5-4-24-13;/h2-3,6-8,22H,4-5,9H2,1H3,(H3,19,20,21);1H. The Morgan fingerprint density at radius 1 is 1.27 bits per heavy atom. The number of phenolic OH excluding ortho intramolecular Hbond substituents is 1. The molecule has 9 heteroatoms. The molecule has 0 radical (unpaired) electrons. The molecule has 2 aromatic carbocycles. The van der Waals surface area contributed by atoms with Gasteiger partial charge in [0.2, 0.25) is 0 Å². The molecule has 0 atom stereocenters.